The molecule has 0 spiro atoms. The molecular weight excluding hydrogens is 402 g/mol. The summed E-state index contributed by atoms with van der Waals surface area (Å²) in [6.45, 7) is 3.85. The second-order valence-corrected chi connectivity index (χ2v) is 7.94. The lowest BCUT2D eigenvalue weighted by Gasteiger charge is -2.30. The van der Waals surface area contributed by atoms with Gasteiger partial charge in [-0.05, 0) is 55.3 Å². The molecule has 2 N–H and O–H groups in total. The lowest BCUT2D eigenvalue weighted by atomic mass is 9.96. The molecule has 6 nitrogen and oxygen atoms in total. The summed E-state index contributed by atoms with van der Waals surface area (Å²) in [4.78, 5) is 24.9. The van der Waals surface area contributed by atoms with Gasteiger partial charge in [0.25, 0.3) is 0 Å². The summed E-state index contributed by atoms with van der Waals surface area (Å²) in [5.41, 5.74) is 2.18. The number of hydrogen-bond donors (Lipinski definition) is 2. The summed E-state index contributed by atoms with van der Waals surface area (Å²) in [7, 11) is 3.00. The van der Waals surface area contributed by atoms with Gasteiger partial charge in [-0.25, -0.2) is 4.79 Å². The Bertz CT molecular complexity index is 1070. The van der Waals surface area contributed by atoms with Crippen LogP contribution in [-0.2, 0) is 15.3 Å². The van der Waals surface area contributed by atoms with Gasteiger partial charge in [0.2, 0.25) is 5.72 Å². The maximum Gasteiger partial charge on any atom is 0.348 e. The summed E-state index contributed by atoms with van der Waals surface area (Å²) in [5, 5.41) is 12.8. The van der Waals surface area contributed by atoms with Gasteiger partial charge in [-0.1, -0.05) is 23.8 Å². The summed E-state index contributed by atoms with van der Waals surface area (Å²) >= 11 is 1.12. The molecule has 0 saturated heterocycles. The van der Waals surface area contributed by atoms with Gasteiger partial charge in [-0.2, -0.15) is 0 Å². The van der Waals surface area contributed by atoms with Crippen LogP contribution in [-0.4, -0.2) is 31.6 Å². The lowest BCUT2D eigenvalue weighted by molar-refractivity contribution is -0.125. The van der Waals surface area contributed by atoms with Crippen molar-refractivity contribution in [3.05, 3.63) is 70.1 Å². The minimum Gasteiger partial charge on any atom is -0.497 e. The van der Waals surface area contributed by atoms with Gasteiger partial charge in [0.05, 0.1) is 12.8 Å². The van der Waals surface area contributed by atoms with Gasteiger partial charge >= 0.3 is 5.97 Å². The van der Waals surface area contributed by atoms with E-state index in [1.165, 1.54) is 7.11 Å². The maximum atomic E-state index is 12.2. The summed E-state index contributed by atoms with van der Waals surface area (Å²) in [6, 6.07) is 14.7. The van der Waals surface area contributed by atoms with Gasteiger partial charge < -0.3 is 19.9 Å². The van der Waals surface area contributed by atoms with Crippen LogP contribution in [0.4, 0.5) is 5.69 Å². The average molecular weight is 426 g/mol. The molecule has 0 saturated carbocycles. The summed E-state index contributed by atoms with van der Waals surface area (Å²) in [6.07, 6.45) is 0.654. The highest BCUT2D eigenvalue weighted by molar-refractivity contribution is 7.18. The number of nitrogens with one attached hydrogen (secondary N) is 1. The Kier molecular flexibility index (Phi) is 6.24. The molecule has 7 heteroatoms. The number of carbonyl (C=O) groups excluding carboxylic acids is 1. The van der Waals surface area contributed by atoms with E-state index < -0.39 is 11.7 Å². The number of aromatic carboxylic acids is 1. The molecule has 0 aliphatic heterocycles. The zero-order chi connectivity index (χ0) is 21.9. The van der Waals surface area contributed by atoms with Crippen LogP contribution in [0.5, 0.6) is 5.75 Å². The number of thiophene rings is 1. The first kappa shape index (κ1) is 21.5. The molecule has 1 heterocycles. The maximum absolute atomic E-state index is 12.2. The van der Waals surface area contributed by atoms with Gasteiger partial charge in [0.1, 0.15) is 10.6 Å². The van der Waals surface area contributed by atoms with E-state index in [0.717, 1.165) is 32.9 Å². The minimum absolute atomic E-state index is 0.0915. The topological polar surface area (TPSA) is 84.9 Å². The fraction of sp³-hybridized carbons (Fsp3) is 0.217. The van der Waals surface area contributed by atoms with Crippen molar-refractivity contribution >= 4 is 29.3 Å². The average Bonchev–Trinajstić information content (AvgIpc) is 3.16. The second kappa shape index (κ2) is 8.69. The third-order valence-electron chi connectivity index (χ3n) is 4.89. The van der Waals surface area contributed by atoms with E-state index in [2.05, 4.69) is 5.32 Å². The van der Waals surface area contributed by atoms with Crippen molar-refractivity contribution in [2.45, 2.75) is 19.6 Å². The highest BCUT2D eigenvalue weighted by Gasteiger charge is 2.35. The number of aldehydes is 1. The third kappa shape index (κ3) is 4.08. The molecule has 0 amide bonds. The van der Waals surface area contributed by atoms with Crippen molar-refractivity contribution in [3.8, 4) is 16.2 Å². The summed E-state index contributed by atoms with van der Waals surface area (Å²) in [5.74, 6) is -0.375. The van der Waals surface area contributed by atoms with E-state index >= 15 is 0 Å². The first-order valence-corrected chi connectivity index (χ1v) is 10.0. The van der Waals surface area contributed by atoms with Gasteiger partial charge in [0.15, 0.2) is 6.29 Å². The van der Waals surface area contributed by atoms with Crippen molar-refractivity contribution in [1.82, 2.24) is 0 Å². The Morgan fingerprint density at radius 2 is 1.80 bits per heavy atom. The standard InChI is InChI=1S/C23H23NO5S/c1-14-5-10-18(15(2)11-14)23(13-25,29-4)24-19-12-20(30-21(19)22(26)27)16-6-8-17(28-3)9-7-16/h5-13,24H,1-4H3,(H,26,27). The smallest absolute Gasteiger partial charge is 0.348 e. The quantitative estimate of drug-likeness (QED) is 0.396. The Labute approximate surface area is 179 Å². The minimum atomic E-state index is -1.51. The van der Waals surface area contributed by atoms with Crippen molar-refractivity contribution in [3.63, 3.8) is 0 Å². The zero-order valence-electron chi connectivity index (χ0n) is 17.2. The molecule has 1 atom stereocenters. The van der Waals surface area contributed by atoms with E-state index in [-0.39, 0.29) is 4.88 Å². The Balaban J connectivity index is 2.07. The first-order chi connectivity index (χ1) is 14.3. The van der Waals surface area contributed by atoms with E-state index in [1.807, 2.05) is 56.3 Å². The number of carbonyl (C=O) groups is 2. The number of methoxy groups -OCH3 is 2. The fourth-order valence-corrected chi connectivity index (χ4v) is 4.30. The number of aryl methyl sites for hydroxylation is 2. The Hall–Kier alpha value is -3.16. The number of hydrogen-bond acceptors (Lipinski definition) is 6. The van der Waals surface area contributed by atoms with Gasteiger partial charge in [0, 0.05) is 17.6 Å². The van der Waals surface area contributed by atoms with E-state index in [4.69, 9.17) is 9.47 Å². The number of benzene rings is 2. The highest BCUT2D eigenvalue weighted by Crippen LogP contribution is 2.38. The molecule has 1 aromatic heterocycles. The number of anilines is 1. The van der Waals surface area contributed by atoms with Gasteiger partial charge in [-0.15, -0.1) is 11.3 Å². The van der Waals surface area contributed by atoms with E-state index in [1.54, 1.807) is 13.2 Å². The van der Waals surface area contributed by atoms with Crippen LogP contribution >= 0.6 is 11.3 Å². The lowest BCUT2D eigenvalue weighted by Crippen LogP contribution is -2.40. The predicted octanol–water partition coefficient (Wildman–Crippen LogP) is 4.85. The van der Waals surface area contributed by atoms with Crippen LogP contribution in [0.15, 0.2) is 48.5 Å². The zero-order valence-corrected chi connectivity index (χ0v) is 18.0. The SMILES string of the molecule is COc1ccc(-c2cc(NC(C=O)(OC)c3ccc(C)cc3C)c(C(=O)O)s2)cc1. The molecule has 3 aromatic rings. The van der Waals surface area contributed by atoms with Crippen LogP contribution in [0.1, 0.15) is 26.4 Å². The van der Waals surface area contributed by atoms with Crippen LogP contribution in [0.25, 0.3) is 10.4 Å². The highest BCUT2D eigenvalue weighted by atomic mass is 32.1. The van der Waals surface area contributed by atoms with Crippen molar-refractivity contribution in [1.29, 1.82) is 0 Å². The van der Waals surface area contributed by atoms with E-state index in [9.17, 15) is 14.7 Å². The van der Waals surface area contributed by atoms with E-state index in [0.29, 0.717) is 23.3 Å². The van der Waals surface area contributed by atoms with Crippen LogP contribution < -0.4 is 10.1 Å². The third-order valence-corrected chi connectivity index (χ3v) is 6.06. The normalized spacial score (nSPS) is 12.8. The molecular formula is C23H23NO5S. The van der Waals surface area contributed by atoms with Crippen LogP contribution in [0.3, 0.4) is 0 Å². The Morgan fingerprint density at radius 3 is 2.33 bits per heavy atom. The molecule has 156 valence electrons. The first-order valence-electron chi connectivity index (χ1n) is 9.22. The largest absolute Gasteiger partial charge is 0.497 e. The summed E-state index contributed by atoms with van der Waals surface area (Å²) < 4.78 is 10.8. The Morgan fingerprint density at radius 1 is 1.10 bits per heavy atom. The molecule has 0 radical (unpaired) electrons. The van der Waals surface area contributed by atoms with Crippen molar-refractivity contribution < 1.29 is 24.2 Å². The van der Waals surface area contributed by atoms with Gasteiger partial charge in [-0.3, -0.25) is 4.79 Å². The molecule has 0 fully saturated rings. The monoisotopic (exact) mass is 425 g/mol. The number of rotatable bonds is 8. The number of ether oxygens (including phenoxy) is 2. The fourth-order valence-electron chi connectivity index (χ4n) is 3.34. The second-order valence-electron chi connectivity index (χ2n) is 6.89. The number of carboxylic acids is 1. The molecule has 3 rings (SSSR count). The molecule has 30 heavy (non-hydrogen) atoms. The predicted molar refractivity (Wildman–Crippen MR) is 118 cm³/mol. The van der Waals surface area contributed by atoms with Crippen LogP contribution in [0.2, 0.25) is 0 Å². The molecule has 0 aliphatic rings. The number of carboxylic acid groups (broad SMARTS) is 1. The molecule has 2 aromatic carbocycles. The van der Waals surface area contributed by atoms with Crippen molar-refractivity contribution in [2.75, 3.05) is 19.5 Å². The van der Waals surface area contributed by atoms with Crippen LogP contribution in [0, 0.1) is 13.8 Å². The van der Waals surface area contributed by atoms with Crippen molar-refractivity contribution in [2.24, 2.45) is 0 Å². The molecule has 0 bridgehead atoms. The molecule has 0 aliphatic carbocycles. The molecule has 1 unspecified atom stereocenters.